The van der Waals surface area contributed by atoms with Crippen LogP contribution in [0.15, 0.2) is 12.1 Å². The van der Waals surface area contributed by atoms with E-state index in [1.54, 1.807) is 17.0 Å². The number of carbonyl (C=O) groups excluding carboxylic acids is 3. The highest BCUT2D eigenvalue weighted by Gasteiger charge is 2.55. The summed E-state index contributed by atoms with van der Waals surface area (Å²) in [6.45, 7) is 3.53. The van der Waals surface area contributed by atoms with Crippen molar-refractivity contribution in [3.05, 3.63) is 23.0 Å². The summed E-state index contributed by atoms with van der Waals surface area (Å²) in [6, 6.07) is 2.67. The van der Waals surface area contributed by atoms with Crippen LogP contribution in [0.1, 0.15) is 32.6 Å². The van der Waals surface area contributed by atoms with Crippen molar-refractivity contribution in [1.82, 2.24) is 15.5 Å². The van der Waals surface area contributed by atoms with E-state index in [9.17, 15) is 18.8 Å². The van der Waals surface area contributed by atoms with Gasteiger partial charge in [0.2, 0.25) is 5.91 Å². The average molecular weight is 453 g/mol. The van der Waals surface area contributed by atoms with Gasteiger partial charge < -0.3 is 19.9 Å². The van der Waals surface area contributed by atoms with Crippen molar-refractivity contribution in [2.45, 2.75) is 44.2 Å². The lowest BCUT2D eigenvalue weighted by atomic mass is 9.87. The molecule has 2 heterocycles. The highest BCUT2D eigenvalue weighted by molar-refractivity contribution is 6.31. The van der Waals surface area contributed by atoms with Gasteiger partial charge in [-0.2, -0.15) is 0 Å². The molecule has 0 aromatic heterocycles. The maximum absolute atomic E-state index is 14.0. The molecule has 31 heavy (non-hydrogen) atoms. The Hall–Kier alpha value is -2.55. The van der Waals surface area contributed by atoms with Crippen LogP contribution in [0.25, 0.3) is 0 Å². The first-order chi connectivity index (χ1) is 14.7. The standard InChI is InChI=1S/C21H26ClFN4O4/c1-12-11-26(7-8-27(12)14-9-15(22)18(23)16(10-14)31-2)17(28)5-6-21(13-3-4-13)19(29)24-20(30)25-21/h9-10,12-13H,3-8,11H2,1-2H3,(H2,24,25,29,30)/t12-,21-/m0/s1. The summed E-state index contributed by atoms with van der Waals surface area (Å²) in [6.07, 6.45) is 2.24. The van der Waals surface area contributed by atoms with Crippen molar-refractivity contribution in [3.63, 3.8) is 0 Å². The van der Waals surface area contributed by atoms with E-state index in [0.717, 1.165) is 18.5 Å². The van der Waals surface area contributed by atoms with Gasteiger partial charge in [-0.3, -0.25) is 14.9 Å². The van der Waals surface area contributed by atoms with Crippen LogP contribution in [0.2, 0.25) is 5.02 Å². The Morgan fingerprint density at radius 2 is 2.06 bits per heavy atom. The Balaban J connectivity index is 1.39. The summed E-state index contributed by atoms with van der Waals surface area (Å²) in [4.78, 5) is 40.8. The highest BCUT2D eigenvalue weighted by atomic mass is 35.5. The van der Waals surface area contributed by atoms with Gasteiger partial charge in [0, 0.05) is 43.9 Å². The number of hydrogen-bond acceptors (Lipinski definition) is 5. The molecule has 3 aliphatic rings. The molecule has 4 amide bonds. The van der Waals surface area contributed by atoms with Crippen LogP contribution >= 0.6 is 11.6 Å². The number of halogens is 2. The molecule has 2 saturated heterocycles. The molecule has 1 aromatic carbocycles. The number of carbonyl (C=O) groups is 3. The fourth-order valence-electron chi connectivity index (χ4n) is 4.64. The molecular formula is C21H26ClFN4O4. The number of hydrogen-bond donors (Lipinski definition) is 2. The van der Waals surface area contributed by atoms with Gasteiger partial charge in [-0.05, 0) is 38.2 Å². The van der Waals surface area contributed by atoms with Crippen LogP contribution in [0.4, 0.5) is 14.9 Å². The second kappa shape index (κ2) is 8.18. The van der Waals surface area contributed by atoms with Crippen LogP contribution in [0.5, 0.6) is 5.75 Å². The average Bonchev–Trinajstić information content (AvgIpc) is 3.54. The zero-order valence-corrected chi connectivity index (χ0v) is 18.3. The van der Waals surface area contributed by atoms with Crippen LogP contribution in [0.3, 0.4) is 0 Å². The molecule has 168 valence electrons. The zero-order chi connectivity index (χ0) is 22.3. The number of amides is 4. The van der Waals surface area contributed by atoms with Gasteiger partial charge >= 0.3 is 6.03 Å². The predicted octanol–water partition coefficient (Wildman–Crippen LogP) is 2.29. The minimum absolute atomic E-state index is 0.0117. The molecule has 0 bridgehead atoms. The zero-order valence-electron chi connectivity index (χ0n) is 17.5. The largest absolute Gasteiger partial charge is 0.494 e. The SMILES string of the molecule is COc1cc(N2CCN(C(=O)CC[C@@]3(C4CC4)NC(=O)NC3=O)C[C@@H]2C)cc(Cl)c1F. The number of urea groups is 1. The van der Waals surface area contributed by atoms with E-state index < -0.39 is 17.4 Å². The van der Waals surface area contributed by atoms with E-state index in [-0.39, 0.29) is 41.0 Å². The topological polar surface area (TPSA) is 91.0 Å². The van der Waals surface area contributed by atoms with Crippen LogP contribution < -0.4 is 20.3 Å². The number of anilines is 1. The second-order valence-electron chi connectivity index (χ2n) is 8.48. The lowest BCUT2D eigenvalue weighted by Gasteiger charge is -2.41. The highest BCUT2D eigenvalue weighted by Crippen LogP contribution is 2.44. The third-order valence-electron chi connectivity index (χ3n) is 6.49. The second-order valence-corrected chi connectivity index (χ2v) is 8.89. The summed E-state index contributed by atoms with van der Waals surface area (Å²) >= 11 is 6.00. The number of nitrogens with zero attached hydrogens (tertiary/aromatic N) is 2. The van der Waals surface area contributed by atoms with Crippen molar-refractivity contribution < 1.29 is 23.5 Å². The fourth-order valence-corrected chi connectivity index (χ4v) is 4.85. The van der Waals surface area contributed by atoms with E-state index in [4.69, 9.17) is 16.3 Å². The van der Waals surface area contributed by atoms with E-state index in [0.29, 0.717) is 26.1 Å². The maximum atomic E-state index is 14.0. The molecule has 0 spiro atoms. The number of methoxy groups -OCH3 is 1. The number of piperazine rings is 1. The Morgan fingerprint density at radius 3 is 2.65 bits per heavy atom. The first-order valence-corrected chi connectivity index (χ1v) is 10.8. The molecule has 1 aliphatic carbocycles. The van der Waals surface area contributed by atoms with E-state index >= 15 is 0 Å². The quantitative estimate of drug-likeness (QED) is 0.646. The van der Waals surface area contributed by atoms with Gasteiger partial charge in [0.15, 0.2) is 11.6 Å². The Labute approximate surface area is 185 Å². The van der Waals surface area contributed by atoms with Crippen molar-refractivity contribution in [3.8, 4) is 5.75 Å². The summed E-state index contributed by atoms with van der Waals surface area (Å²) in [5.41, 5.74) is -0.220. The predicted molar refractivity (Wildman–Crippen MR) is 113 cm³/mol. The number of ether oxygens (including phenoxy) is 1. The van der Waals surface area contributed by atoms with Crippen molar-refractivity contribution in [1.29, 1.82) is 0 Å². The molecule has 2 aliphatic heterocycles. The van der Waals surface area contributed by atoms with Crippen LogP contribution in [0, 0.1) is 11.7 Å². The number of imide groups is 1. The lowest BCUT2D eigenvalue weighted by molar-refractivity contribution is -0.133. The molecular weight excluding hydrogens is 427 g/mol. The monoisotopic (exact) mass is 452 g/mol. The van der Waals surface area contributed by atoms with E-state index in [1.165, 1.54) is 7.11 Å². The van der Waals surface area contributed by atoms with Gasteiger partial charge in [-0.15, -0.1) is 0 Å². The lowest BCUT2D eigenvalue weighted by Crippen LogP contribution is -2.54. The Kier molecular flexibility index (Phi) is 5.72. The summed E-state index contributed by atoms with van der Waals surface area (Å²) in [7, 11) is 1.39. The van der Waals surface area contributed by atoms with Gasteiger partial charge in [0.25, 0.3) is 5.91 Å². The molecule has 2 N–H and O–H groups in total. The normalized spacial score (nSPS) is 26.0. The molecule has 3 fully saturated rings. The number of benzene rings is 1. The molecule has 8 nitrogen and oxygen atoms in total. The molecule has 1 aromatic rings. The minimum atomic E-state index is -0.957. The molecule has 0 unspecified atom stereocenters. The van der Waals surface area contributed by atoms with Gasteiger partial charge in [-0.1, -0.05) is 11.6 Å². The Morgan fingerprint density at radius 1 is 1.32 bits per heavy atom. The van der Waals surface area contributed by atoms with E-state index in [2.05, 4.69) is 15.5 Å². The summed E-state index contributed by atoms with van der Waals surface area (Å²) in [5, 5.41) is 5.06. The summed E-state index contributed by atoms with van der Waals surface area (Å²) in [5.74, 6) is -0.790. The van der Waals surface area contributed by atoms with Gasteiger partial charge in [0.05, 0.1) is 12.1 Å². The van der Waals surface area contributed by atoms with Crippen molar-refractivity contribution in [2.24, 2.45) is 5.92 Å². The molecule has 4 rings (SSSR count). The van der Waals surface area contributed by atoms with Crippen molar-refractivity contribution >= 4 is 35.1 Å². The van der Waals surface area contributed by atoms with Crippen LogP contribution in [-0.2, 0) is 9.59 Å². The van der Waals surface area contributed by atoms with Crippen molar-refractivity contribution in [2.75, 3.05) is 31.6 Å². The summed E-state index contributed by atoms with van der Waals surface area (Å²) < 4.78 is 19.1. The molecule has 0 radical (unpaired) electrons. The first kappa shape index (κ1) is 21.7. The number of rotatable bonds is 6. The fraction of sp³-hybridized carbons (Fsp3) is 0.571. The molecule has 10 heteroatoms. The third kappa shape index (κ3) is 4.03. The van der Waals surface area contributed by atoms with Crippen LogP contribution in [-0.4, -0.2) is 61.1 Å². The van der Waals surface area contributed by atoms with E-state index in [1.807, 2.05) is 6.92 Å². The third-order valence-corrected chi connectivity index (χ3v) is 6.76. The van der Waals surface area contributed by atoms with Gasteiger partial charge in [0.1, 0.15) is 5.54 Å². The molecule has 2 atom stereocenters. The first-order valence-electron chi connectivity index (χ1n) is 10.5. The maximum Gasteiger partial charge on any atom is 0.322 e. The molecule has 1 saturated carbocycles. The number of nitrogens with one attached hydrogen (secondary N) is 2. The smallest absolute Gasteiger partial charge is 0.322 e. The minimum Gasteiger partial charge on any atom is -0.494 e. The Bertz CT molecular complexity index is 925. The van der Waals surface area contributed by atoms with Gasteiger partial charge in [-0.25, -0.2) is 9.18 Å².